The zero-order chi connectivity index (χ0) is 19.1. The Morgan fingerprint density at radius 2 is 1.21 bits per heavy atom. The van der Waals surface area contributed by atoms with Gasteiger partial charge in [0, 0.05) is 0 Å². The predicted molar refractivity (Wildman–Crippen MR) is 117 cm³/mol. The third kappa shape index (κ3) is 4.85. The molecule has 29 heavy (non-hydrogen) atoms. The fourth-order valence-electron chi connectivity index (χ4n) is 4.77. The van der Waals surface area contributed by atoms with Gasteiger partial charge in [0.15, 0.2) is 0 Å². The van der Waals surface area contributed by atoms with Gasteiger partial charge in [-0.1, -0.05) is 0 Å². The van der Waals surface area contributed by atoms with Crippen molar-refractivity contribution in [2.75, 3.05) is 0 Å². The molecule has 2 atom stereocenters. The Bertz CT molecular complexity index is 909. The second kappa shape index (κ2) is 10.4. The first kappa shape index (κ1) is 25.1. The summed E-state index contributed by atoms with van der Waals surface area (Å²) >= 11 is -1.01. The average Bonchev–Trinajstić information content (AvgIpc) is 3.13. The molecule has 0 aliphatic heterocycles. The molecule has 0 aromatic heterocycles. The molecule has 0 saturated carbocycles. The molecule has 0 fully saturated rings. The Morgan fingerprint density at radius 1 is 0.724 bits per heavy atom. The molecule has 0 bridgehead atoms. The van der Waals surface area contributed by atoms with E-state index in [1.165, 1.54) is 11.1 Å². The van der Waals surface area contributed by atoms with Crippen LogP contribution in [0.3, 0.4) is 0 Å². The molecule has 0 amide bonds. The van der Waals surface area contributed by atoms with Crippen molar-refractivity contribution in [3.8, 4) is 0 Å². The number of fused-ring (bicyclic) bond motifs is 2. The smallest absolute Gasteiger partial charge is 1.00 e. The molecule has 2 aromatic rings. The van der Waals surface area contributed by atoms with Gasteiger partial charge in [0.25, 0.3) is 0 Å². The Kier molecular flexibility index (Phi) is 9.00. The number of hydrogen-bond acceptors (Lipinski definition) is 0. The van der Waals surface area contributed by atoms with Gasteiger partial charge in [-0.15, -0.1) is 0 Å². The first-order valence-corrected chi connectivity index (χ1v) is 15.7. The molecule has 0 spiro atoms. The van der Waals surface area contributed by atoms with Crippen molar-refractivity contribution in [3.63, 3.8) is 0 Å². The van der Waals surface area contributed by atoms with Gasteiger partial charge in [0.1, 0.15) is 0 Å². The zero-order valence-corrected chi connectivity index (χ0v) is 23.8. The Hall–Kier alpha value is -0.200. The topological polar surface area (TPSA) is 0 Å². The van der Waals surface area contributed by atoms with Crippen LogP contribution >= 0.6 is 7.92 Å². The quantitative estimate of drug-likeness (QED) is 0.357. The van der Waals surface area contributed by atoms with Gasteiger partial charge >= 0.3 is 178 Å². The fraction of sp³-hybridized carbons (Fsp3) is 0.360. The van der Waals surface area contributed by atoms with Crippen LogP contribution in [0, 0.1) is 0 Å². The van der Waals surface area contributed by atoms with Crippen molar-refractivity contribution >= 4 is 20.1 Å². The van der Waals surface area contributed by atoms with Gasteiger partial charge in [-0.05, 0) is 0 Å². The summed E-state index contributed by atoms with van der Waals surface area (Å²) in [6.45, 7) is 12.1. The maximum atomic E-state index is 2.60. The van der Waals surface area contributed by atoms with E-state index >= 15 is 0 Å². The summed E-state index contributed by atoms with van der Waals surface area (Å²) in [5, 5.41) is 1.82. The Morgan fingerprint density at radius 3 is 1.76 bits per heavy atom. The van der Waals surface area contributed by atoms with Crippen LogP contribution in [-0.4, -0.2) is 11.3 Å². The predicted octanol–water partition coefficient (Wildman–Crippen LogP) is 1.63. The summed E-state index contributed by atoms with van der Waals surface area (Å²) in [5.74, 6) is 0. The fourth-order valence-corrected chi connectivity index (χ4v) is 16.6. The summed E-state index contributed by atoms with van der Waals surface area (Å²) in [6.07, 6.45) is 5.05. The molecule has 2 aromatic carbocycles. The van der Waals surface area contributed by atoms with E-state index in [0.29, 0.717) is 0 Å². The van der Waals surface area contributed by atoms with Gasteiger partial charge < -0.3 is 24.8 Å². The van der Waals surface area contributed by atoms with Crippen LogP contribution in [0.2, 0.25) is 0 Å². The zero-order valence-electron chi connectivity index (χ0n) is 17.8. The first-order valence-electron chi connectivity index (χ1n) is 10.1. The largest absolute Gasteiger partial charge is 1.00 e. The van der Waals surface area contributed by atoms with Crippen molar-refractivity contribution in [1.82, 2.24) is 0 Å². The van der Waals surface area contributed by atoms with Crippen LogP contribution in [0.1, 0.15) is 64.2 Å². The van der Waals surface area contributed by atoms with Crippen LogP contribution < -0.4 is 24.8 Å². The van der Waals surface area contributed by atoms with E-state index in [1.807, 2.05) is 5.31 Å². The molecule has 2 aliphatic rings. The number of halogens is 2. The Labute approximate surface area is 201 Å². The van der Waals surface area contributed by atoms with Crippen LogP contribution in [0.15, 0.2) is 59.4 Å². The van der Waals surface area contributed by atoms with E-state index in [-0.39, 0.29) is 32.7 Å². The van der Waals surface area contributed by atoms with Gasteiger partial charge in [-0.25, -0.2) is 0 Å². The van der Waals surface area contributed by atoms with Crippen molar-refractivity contribution in [3.05, 3.63) is 81.7 Å². The molecule has 0 N–H and O–H groups in total. The van der Waals surface area contributed by atoms with E-state index in [4.69, 9.17) is 0 Å². The summed E-state index contributed by atoms with van der Waals surface area (Å²) in [6, 6.07) is 18.3. The van der Waals surface area contributed by atoms with Crippen molar-refractivity contribution in [2.45, 2.75) is 53.3 Å². The van der Waals surface area contributed by atoms with Crippen molar-refractivity contribution in [1.29, 1.82) is 0 Å². The second-order valence-electron chi connectivity index (χ2n) is 8.34. The second-order valence-corrected chi connectivity index (χ2v) is 17.1. The standard InChI is InChI=1S/C15H20P.C10H9.2ClH.Hf/c1-11(2)16(12(3)4)15-9-13-7-5-6-8-14(13)10-15;1-8-6-9-4-2-3-5-10(9)7-8;;;/h5-12H,1-4H3;2-7H,1H3;2*1H;/q;;;;+2/p-2. The van der Waals surface area contributed by atoms with Crippen LogP contribution in [0.25, 0.3) is 12.2 Å². The van der Waals surface area contributed by atoms with Gasteiger partial charge in [-0.2, -0.15) is 0 Å². The van der Waals surface area contributed by atoms with E-state index in [9.17, 15) is 0 Å². The first-order chi connectivity index (χ1) is 13.0. The average molecular weight is 610 g/mol. The van der Waals surface area contributed by atoms with Crippen LogP contribution in [0.4, 0.5) is 0 Å². The monoisotopic (exact) mass is 610 g/mol. The molecule has 0 saturated heterocycles. The maximum absolute atomic E-state index is 2.60. The summed E-state index contributed by atoms with van der Waals surface area (Å²) in [5.41, 5.74) is 9.37. The van der Waals surface area contributed by atoms with Gasteiger partial charge in [0.05, 0.1) is 0 Å². The molecular formula is C25H29Cl2HfP. The summed E-state index contributed by atoms with van der Waals surface area (Å²) < 4.78 is 1.51. The molecule has 152 valence electrons. The van der Waals surface area contributed by atoms with E-state index in [0.717, 1.165) is 18.7 Å². The number of rotatable bonds is 5. The van der Waals surface area contributed by atoms with Crippen LogP contribution in [-0.2, 0) is 22.9 Å². The van der Waals surface area contributed by atoms with Crippen molar-refractivity contribution < 1.29 is 47.7 Å². The number of hydrogen-bond donors (Lipinski definition) is 0. The molecule has 0 heterocycles. The summed E-state index contributed by atoms with van der Waals surface area (Å²) in [4.78, 5) is 0. The number of allylic oxidation sites excluding steroid dienone is 2. The minimum atomic E-state index is -1.01. The maximum Gasteiger partial charge on any atom is -1.00 e. The minimum absolute atomic E-state index is 0. The van der Waals surface area contributed by atoms with Gasteiger partial charge in [0.2, 0.25) is 0 Å². The van der Waals surface area contributed by atoms with Gasteiger partial charge in [-0.3, -0.25) is 0 Å². The molecule has 4 heteroatoms. The Balaban J connectivity index is 0.00000150. The number of benzene rings is 2. The molecule has 0 radical (unpaired) electrons. The third-order valence-electron chi connectivity index (χ3n) is 5.80. The van der Waals surface area contributed by atoms with E-state index < -0.39 is 22.9 Å². The molecule has 4 rings (SSSR count). The van der Waals surface area contributed by atoms with Crippen molar-refractivity contribution in [2.24, 2.45) is 0 Å². The molecule has 2 unspecified atom stereocenters. The van der Waals surface area contributed by atoms with E-state index in [2.05, 4.69) is 95.3 Å². The third-order valence-corrected chi connectivity index (χ3v) is 17.3. The summed E-state index contributed by atoms with van der Waals surface area (Å²) in [7, 11) is -0.0770. The van der Waals surface area contributed by atoms with Crippen LogP contribution in [0.5, 0.6) is 0 Å². The minimum Gasteiger partial charge on any atom is -1.00 e. The molecule has 2 aliphatic carbocycles. The molecule has 0 nitrogen and oxygen atoms in total. The van der Waals surface area contributed by atoms with E-state index in [1.54, 1.807) is 16.7 Å². The normalized spacial score (nSPS) is 19.2. The SMILES string of the molecule is CC1=Cc2ccccc2[CH]1[Hf+2][CH]1C(P(C(C)C)C(C)C)=Cc2ccccc21.[Cl-].[Cl-]. The molecular weight excluding hydrogens is 581 g/mol.